The van der Waals surface area contributed by atoms with E-state index in [1.54, 1.807) is 18.2 Å². The van der Waals surface area contributed by atoms with Crippen LogP contribution in [0.2, 0.25) is 0 Å². The summed E-state index contributed by atoms with van der Waals surface area (Å²) in [5.41, 5.74) is 1.70. The van der Waals surface area contributed by atoms with Gasteiger partial charge in [0.2, 0.25) is 0 Å². The van der Waals surface area contributed by atoms with Gasteiger partial charge in [-0.1, -0.05) is 15.9 Å². The lowest BCUT2D eigenvalue weighted by Gasteiger charge is -2.00. The van der Waals surface area contributed by atoms with Crippen LogP contribution in [0.15, 0.2) is 18.2 Å². The Kier molecular flexibility index (Phi) is 3.47. The number of carbonyl (C=O) groups is 1. The average molecular weight is 300 g/mol. The van der Waals surface area contributed by atoms with E-state index in [0.29, 0.717) is 28.4 Å². The number of carbonyl (C=O) groups excluding carboxylic acids is 1. The summed E-state index contributed by atoms with van der Waals surface area (Å²) < 4.78 is 18.3. The fourth-order valence-electron chi connectivity index (χ4n) is 1.80. The Balaban J connectivity index is 2.57. The number of alkyl halides is 1. The molecule has 17 heavy (non-hydrogen) atoms. The van der Waals surface area contributed by atoms with E-state index in [1.165, 1.54) is 7.11 Å². The summed E-state index contributed by atoms with van der Waals surface area (Å²) in [6.07, 6.45) is 0.566. The number of benzene rings is 1. The highest BCUT2D eigenvalue weighted by Gasteiger charge is 2.13. The molecule has 0 saturated carbocycles. The molecule has 0 amide bonds. The Bertz CT molecular complexity index is 565. The Hall–Kier alpha value is -1.36. The van der Waals surface area contributed by atoms with Crippen molar-refractivity contribution in [3.8, 4) is 0 Å². The third-order valence-electron chi connectivity index (χ3n) is 2.62. The van der Waals surface area contributed by atoms with Crippen molar-refractivity contribution in [3.63, 3.8) is 0 Å². The van der Waals surface area contributed by atoms with Crippen molar-refractivity contribution in [1.29, 1.82) is 0 Å². The van der Waals surface area contributed by atoms with E-state index in [9.17, 15) is 9.18 Å². The molecular formula is C12H11BrFNO2. The monoisotopic (exact) mass is 299 g/mol. The maximum absolute atomic E-state index is 13.6. The Labute approximate surface area is 106 Å². The van der Waals surface area contributed by atoms with E-state index in [1.807, 2.05) is 0 Å². The molecular weight excluding hydrogens is 289 g/mol. The van der Waals surface area contributed by atoms with Crippen LogP contribution in [0.4, 0.5) is 4.39 Å². The van der Waals surface area contributed by atoms with Crippen LogP contribution in [-0.4, -0.2) is 23.4 Å². The van der Waals surface area contributed by atoms with Crippen molar-refractivity contribution < 1.29 is 13.9 Å². The van der Waals surface area contributed by atoms with Gasteiger partial charge in [-0.05, 0) is 24.6 Å². The van der Waals surface area contributed by atoms with Gasteiger partial charge in [0, 0.05) is 21.8 Å². The number of ether oxygens (including phenoxy) is 1. The van der Waals surface area contributed by atoms with Gasteiger partial charge in [-0.2, -0.15) is 4.39 Å². The number of nitrogens with one attached hydrogen (secondary N) is 1. The van der Waals surface area contributed by atoms with Crippen molar-refractivity contribution in [2.24, 2.45) is 0 Å². The van der Waals surface area contributed by atoms with Gasteiger partial charge in [-0.3, -0.25) is 0 Å². The molecule has 0 bridgehead atoms. The van der Waals surface area contributed by atoms with E-state index in [0.717, 1.165) is 5.39 Å². The number of methoxy groups -OCH3 is 1. The van der Waals surface area contributed by atoms with Gasteiger partial charge in [0.25, 0.3) is 0 Å². The largest absolute Gasteiger partial charge is 0.465 e. The number of H-pyrrole nitrogens is 1. The van der Waals surface area contributed by atoms with Crippen molar-refractivity contribution >= 4 is 32.8 Å². The smallest absolute Gasteiger partial charge is 0.337 e. The number of halogens is 2. The van der Waals surface area contributed by atoms with Crippen molar-refractivity contribution in [2.45, 2.75) is 6.42 Å². The molecule has 1 N–H and O–H groups in total. The summed E-state index contributed by atoms with van der Waals surface area (Å²) in [6.45, 7) is 0. The minimum atomic E-state index is -0.418. The predicted molar refractivity (Wildman–Crippen MR) is 67.1 cm³/mol. The first-order chi connectivity index (χ1) is 8.17. The van der Waals surface area contributed by atoms with E-state index in [2.05, 4.69) is 25.7 Å². The number of hydrogen-bond acceptors (Lipinski definition) is 2. The SMILES string of the molecule is COC(=O)c1ccc2[nH]c(F)c(CCBr)c2c1. The van der Waals surface area contributed by atoms with E-state index >= 15 is 0 Å². The number of aromatic amines is 1. The zero-order valence-electron chi connectivity index (χ0n) is 9.22. The van der Waals surface area contributed by atoms with Gasteiger partial charge >= 0.3 is 5.97 Å². The molecule has 0 radical (unpaired) electrons. The van der Waals surface area contributed by atoms with Gasteiger partial charge in [-0.15, -0.1) is 0 Å². The fourth-order valence-corrected chi connectivity index (χ4v) is 2.20. The van der Waals surface area contributed by atoms with Crippen LogP contribution in [0.5, 0.6) is 0 Å². The first-order valence-electron chi connectivity index (χ1n) is 5.11. The number of aromatic nitrogens is 1. The second kappa shape index (κ2) is 4.87. The number of esters is 1. The van der Waals surface area contributed by atoms with Crippen LogP contribution in [0.3, 0.4) is 0 Å². The van der Waals surface area contributed by atoms with Gasteiger partial charge in [0.1, 0.15) is 0 Å². The molecule has 1 aromatic carbocycles. The van der Waals surface area contributed by atoms with Gasteiger partial charge in [0.05, 0.1) is 12.7 Å². The predicted octanol–water partition coefficient (Wildman–Crippen LogP) is 3.03. The number of aryl methyl sites for hydroxylation is 1. The topological polar surface area (TPSA) is 42.1 Å². The summed E-state index contributed by atoms with van der Waals surface area (Å²) in [7, 11) is 1.32. The molecule has 0 aliphatic rings. The first-order valence-corrected chi connectivity index (χ1v) is 6.24. The molecule has 0 saturated heterocycles. The van der Waals surface area contributed by atoms with Crippen LogP contribution in [0, 0.1) is 5.95 Å². The van der Waals surface area contributed by atoms with Crippen molar-refractivity contribution in [3.05, 3.63) is 35.3 Å². The van der Waals surface area contributed by atoms with Crippen LogP contribution < -0.4 is 0 Å². The lowest BCUT2D eigenvalue weighted by atomic mass is 10.1. The maximum Gasteiger partial charge on any atom is 0.337 e. The molecule has 3 nitrogen and oxygen atoms in total. The zero-order chi connectivity index (χ0) is 12.4. The number of rotatable bonds is 3. The summed E-state index contributed by atoms with van der Waals surface area (Å²) in [4.78, 5) is 14.1. The molecule has 1 heterocycles. The third kappa shape index (κ3) is 2.20. The minimum Gasteiger partial charge on any atom is -0.465 e. The third-order valence-corrected chi connectivity index (χ3v) is 3.02. The number of hydrogen-bond donors (Lipinski definition) is 1. The average Bonchev–Trinajstić information content (AvgIpc) is 2.65. The normalized spacial score (nSPS) is 10.8. The first kappa shape index (κ1) is 12.1. The highest BCUT2D eigenvalue weighted by molar-refractivity contribution is 9.09. The second-order valence-corrected chi connectivity index (χ2v) is 4.40. The summed E-state index contributed by atoms with van der Waals surface area (Å²) >= 11 is 3.28. The van der Waals surface area contributed by atoms with Gasteiger partial charge < -0.3 is 9.72 Å². The highest BCUT2D eigenvalue weighted by atomic mass is 79.9. The Morgan fingerprint density at radius 2 is 2.29 bits per heavy atom. The quantitative estimate of drug-likeness (QED) is 0.699. The summed E-state index contributed by atoms with van der Waals surface area (Å²) in [5, 5.41) is 1.39. The zero-order valence-corrected chi connectivity index (χ0v) is 10.8. The van der Waals surface area contributed by atoms with Crippen molar-refractivity contribution in [1.82, 2.24) is 4.98 Å². The molecule has 2 aromatic rings. The molecule has 0 atom stereocenters. The van der Waals surface area contributed by atoms with E-state index < -0.39 is 5.97 Å². The maximum atomic E-state index is 13.6. The molecule has 90 valence electrons. The molecule has 0 unspecified atom stereocenters. The molecule has 1 aromatic heterocycles. The molecule has 0 spiro atoms. The summed E-state index contributed by atoms with van der Waals surface area (Å²) in [5.74, 6) is -0.764. The van der Waals surface area contributed by atoms with Gasteiger partial charge in [-0.25, -0.2) is 4.79 Å². The van der Waals surface area contributed by atoms with E-state index in [4.69, 9.17) is 0 Å². The van der Waals surface area contributed by atoms with Crippen LogP contribution in [0.25, 0.3) is 10.9 Å². The van der Waals surface area contributed by atoms with Crippen LogP contribution in [-0.2, 0) is 11.2 Å². The molecule has 0 aliphatic heterocycles. The highest BCUT2D eigenvalue weighted by Crippen LogP contribution is 2.24. The molecule has 0 aliphatic carbocycles. The molecule has 2 rings (SSSR count). The second-order valence-electron chi connectivity index (χ2n) is 3.61. The Morgan fingerprint density at radius 1 is 1.53 bits per heavy atom. The molecule has 0 fully saturated rings. The Morgan fingerprint density at radius 3 is 2.94 bits per heavy atom. The lowest BCUT2D eigenvalue weighted by Crippen LogP contribution is -2.00. The standard InChI is InChI=1S/C12H11BrFNO2/c1-17-12(16)7-2-3-10-9(6-7)8(4-5-13)11(14)15-10/h2-3,6,15H,4-5H2,1H3. The fraction of sp³-hybridized carbons (Fsp3) is 0.250. The number of fused-ring (bicyclic) bond motifs is 1. The minimum absolute atomic E-state index is 0.346. The van der Waals surface area contributed by atoms with Crippen LogP contribution in [0.1, 0.15) is 15.9 Å². The molecule has 5 heteroatoms. The summed E-state index contributed by atoms with van der Waals surface area (Å²) in [6, 6.07) is 4.95. The van der Waals surface area contributed by atoms with Gasteiger partial charge in [0.15, 0.2) is 5.95 Å². The van der Waals surface area contributed by atoms with Crippen LogP contribution >= 0.6 is 15.9 Å². The van der Waals surface area contributed by atoms with E-state index in [-0.39, 0.29) is 5.95 Å². The lowest BCUT2D eigenvalue weighted by molar-refractivity contribution is 0.0601. The van der Waals surface area contributed by atoms with Crippen molar-refractivity contribution in [2.75, 3.05) is 12.4 Å².